The Morgan fingerprint density at radius 2 is 2.16 bits per heavy atom. The Hall–Kier alpha value is -2.09. The Bertz CT molecular complexity index is 746. The van der Waals surface area contributed by atoms with Crippen molar-refractivity contribution in [1.82, 2.24) is 5.32 Å². The largest absolute Gasteiger partial charge is 0.454 e. The van der Waals surface area contributed by atoms with E-state index in [0.717, 1.165) is 29.2 Å². The van der Waals surface area contributed by atoms with Crippen LogP contribution in [0.1, 0.15) is 40.2 Å². The minimum atomic E-state index is -0.647. The zero-order valence-electron chi connectivity index (χ0n) is 14.0. The molecule has 2 aromatic rings. The second-order valence-electron chi connectivity index (χ2n) is 6.15. The van der Waals surface area contributed by atoms with Crippen molar-refractivity contribution in [3.8, 4) is 11.5 Å². The maximum atomic E-state index is 11.1. The lowest BCUT2D eigenvalue weighted by Crippen LogP contribution is -2.30. The molecule has 2 heterocycles. The van der Waals surface area contributed by atoms with Crippen LogP contribution in [0.15, 0.2) is 29.6 Å². The number of aryl methyl sites for hydroxylation is 1. The van der Waals surface area contributed by atoms with Gasteiger partial charge >= 0.3 is 0 Å². The SMILES string of the molecule is CC(CCc1ccc2c(c1)OCO2)NCC(O)c1cc(C(N)=O)cs1. The topological polar surface area (TPSA) is 93.8 Å². The second kappa shape index (κ2) is 7.86. The fourth-order valence-electron chi connectivity index (χ4n) is 2.65. The predicted octanol–water partition coefficient (Wildman–Crippen LogP) is 2.22. The summed E-state index contributed by atoms with van der Waals surface area (Å²) in [6, 6.07) is 7.90. The summed E-state index contributed by atoms with van der Waals surface area (Å²) in [6.45, 7) is 2.80. The summed E-state index contributed by atoms with van der Waals surface area (Å²) < 4.78 is 10.7. The van der Waals surface area contributed by atoms with Gasteiger partial charge in [-0.2, -0.15) is 0 Å². The first-order valence-electron chi connectivity index (χ1n) is 8.21. The lowest BCUT2D eigenvalue weighted by molar-refractivity contribution is 0.100. The molecule has 1 amide bonds. The number of amides is 1. The van der Waals surface area contributed by atoms with Gasteiger partial charge in [-0.1, -0.05) is 6.07 Å². The van der Waals surface area contributed by atoms with E-state index in [1.165, 1.54) is 16.9 Å². The Morgan fingerprint density at radius 3 is 2.92 bits per heavy atom. The fourth-order valence-corrected chi connectivity index (χ4v) is 3.53. The third kappa shape index (κ3) is 4.50. The van der Waals surface area contributed by atoms with E-state index < -0.39 is 12.0 Å². The summed E-state index contributed by atoms with van der Waals surface area (Å²) in [4.78, 5) is 11.8. The monoisotopic (exact) mass is 362 g/mol. The van der Waals surface area contributed by atoms with E-state index in [2.05, 4.69) is 12.2 Å². The van der Waals surface area contributed by atoms with Crippen LogP contribution in [0.2, 0.25) is 0 Å². The van der Waals surface area contributed by atoms with Gasteiger partial charge in [0.2, 0.25) is 12.7 Å². The molecule has 1 aromatic carbocycles. The second-order valence-corrected chi connectivity index (χ2v) is 7.10. The quantitative estimate of drug-likeness (QED) is 0.669. The van der Waals surface area contributed by atoms with E-state index in [-0.39, 0.29) is 12.8 Å². The van der Waals surface area contributed by atoms with Crippen molar-refractivity contribution in [3.63, 3.8) is 0 Å². The van der Waals surface area contributed by atoms with Crippen LogP contribution in [0.5, 0.6) is 11.5 Å². The third-order valence-electron chi connectivity index (χ3n) is 4.20. The molecule has 0 fully saturated rings. The van der Waals surface area contributed by atoms with Crippen molar-refractivity contribution in [3.05, 3.63) is 45.6 Å². The average molecular weight is 362 g/mol. The molecule has 3 rings (SSSR count). The number of aliphatic hydroxyl groups is 1. The minimum absolute atomic E-state index is 0.246. The van der Waals surface area contributed by atoms with Gasteiger partial charge in [-0.05, 0) is 43.5 Å². The molecule has 7 heteroatoms. The summed E-state index contributed by atoms with van der Waals surface area (Å²) in [5, 5.41) is 15.2. The van der Waals surface area contributed by atoms with Gasteiger partial charge in [-0.3, -0.25) is 4.79 Å². The maximum absolute atomic E-state index is 11.1. The first kappa shape index (κ1) is 17.7. The van der Waals surface area contributed by atoms with E-state index >= 15 is 0 Å². The molecule has 2 atom stereocenters. The summed E-state index contributed by atoms with van der Waals surface area (Å²) in [7, 11) is 0. The lowest BCUT2D eigenvalue weighted by Gasteiger charge is -2.16. The number of hydrogen-bond acceptors (Lipinski definition) is 6. The van der Waals surface area contributed by atoms with Gasteiger partial charge < -0.3 is 25.6 Å². The molecular formula is C18H22N2O4S. The van der Waals surface area contributed by atoms with Gasteiger partial charge in [-0.25, -0.2) is 0 Å². The number of hydrogen-bond donors (Lipinski definition) is 3. The highest BCUT2D eigenvalue weighted by Crippen LogP contribution is 2.32. The van der Waals surface area contributed by atoms with Crippen LogP contribution in [0, 0.1) is 0 Å². The van der Waals surface area contributed by atoms with Crippen LogP contribution in [-0.2, 0) is 6.42 Å². The number of rotatable bonds is 8. The number of fused-ring (bicyclic) bond motifs is 1. The predicted molar refractivity (Wildman–Crippen MR) is 96.1 cm³/mol. The summed E-state index contributed by atoms with van der Waals surface area (Å²) in [6.07, 6.45) is 1.20. The van der Waals surface area contributed by atoms with Crippen LogP contribution in [0.4, 0.5) is 0 Å². The van der Waals surface area contributed by atoms with Crippen molar-refractivity contribution in [2.24, 2.45) is 5.73 Å². The number of ether oxygens (including phenoxy) is 2. The third-order valence-corrected chi connectivity index (χ3v) is 5.23. The molecule has 0 saturated heterocycles. The number of aliphatic hydroxyl groups excluding tert-OH is 1. The van der Waals surface area contributed by atoms with Crippen molar-refractivity contribution < 1.29 is 19.4 Å². The van der Waals surface area contributed by atoms with E-state index in [0.29, 0.717) is 12.1 Å². The number of carbonyl (C=O) groups is 1. The van der Waals surface area contributed by atoms with E-state index in [9.17, 15) is 9.90 Å². The molecule has 0 aliphatic carbocycles. The molecule has 1 aliphatic rings. The molecule has 4 N–H and O–H groups in total. The number of benzene rings is 1. The van der Waals surface area contributed by atoms with Crippen LogP contribution in [-0.4, -0.2) is 30.4 Å². The molecular weight excluding hydrogens is 340 g/mol. The van der Waals surface area contributed by atoms with Crippen molar-refractivity contribution >= 4 is 17.2 Å². The van der Waals surface area contributed by atoms with Gasteiger partial charge in [0.05, 0.1) is 5.56 Å². The maximum Gasteiger partial charge on any atom is 0.249 e. The molecule has 134 valence electrons. The zero-order chi connectivity index (χ0) is 17.8. The van der Waals surface area contributed by atoms with Gasteiger partial charge in [0.25, 0.3) is 0 Å². The van der Waals surface area contributed by atoms with Crippen molar-refractivity contribution in [2.45, 2.75) is 31.9 Å². The fraction of sp³-hybridized carbons (Fsp3) is 0.389. The van der Waals surface area contributed by atoms with Gasteiger partial charge in [0.15, 0.2) is 11.5 Å². The number of nitrogens with one attached hydrogen (secondary N) is 1. The Balaban J connectivity index is 1.44. The molecule has 1 aromatic heterocycles. The van der Waals surface area contributed by atoms with Crippen LogP contribution >= 0.6 is 11.3 Å². The Labute approximate surface area is 150 Å². The average Bonchev–Trinajstić information content (AvgIpc) is 3.26. The molecule has 1 aliphatic heterocycles. The molecule has 2 unspecified atom stereocenters. The van der Waals surface area contributed by atoms with Crippen LogP contribution < -0.4 is 20.5 Å². The number of nitrogens with two attached hydrogens (primary N) is 1. The highest BCUT2D eigenvalue weighted by atomic mass is 32.1. The molecule has 0 spiro atoms. The first-order chi connectivity index (χ1) is 12.0. The van der Waals surface area contributed by atoms with Crippen LogP contribution in [0.3, 0.4) is 0 Å². The smallest absolute Gasteiger partial charge is 0.249 e. The molecule has 0 radical (unpaired) electrons. The zero-order valence-corrected chi connectivity index (χ0v) is 14.8. The van der Waals surface area contributed by atoms with Crippen molar-refractivity contribution in [1.29, 1.82) is 0 Å². The lowest BCUT2D eigenvalue weighted by atomic mass is 10.1. The van der Waals surface area contributed by atoms with E-state index in [1.807, 2.05) is 18.2 Å². The highest BCUT2D eigenvalue weighted by Gasteiger charge is 2.15. The molecule has 25 heavy (non-hydrogen) atoms. The number of primary amides is 1. The first-order valence-corrected chi connectivity index (χ1v) is 9.09. The normalized spacial score (nSPS) is 15.1. The molecule has 0 saturated carbocycles. The van der Waals surface area contributed by atoms with Crippen molar-refractivity contribution in [2.75, 3.05) is 13.3 Å². The minimum Gasteiger partial charge on any atom is -0.454 e. The Kier molecular flexibility index (Phi) is 5.57. The number of carbonyl (C=O) groups excluding carboxylic acids is 1. The molecule has 6 nitrogen and oxygen atoms in total. The van der Waals surface area contributed by atoms with Gasteiger partial charge in [0, 0.05) is 22.8 Å². The summed E-state index contributed by atoms with van der Waals surface area (Å²) in [5.74, 6) is 1.13. The standard InChI is InChI=1S/C18H22N2O4S/c1-11(2-3-12-4-5-15-16(6-12)24-10-23-15)20-8-14(21)17-7-13(9-25-17)18(19)22/h4-7,9,11,14,20-21H,2-3,8,10H2,1H3,(H2,19,22). The van der Waals surface area contributed by atoms with E-state index in [4.69, 9.17) is 15.2 Å². The Morgan fingerprint density at radius 1 is 1.36 bits per heavy atom. The van der Waals surface area contributed by atoms with E-state index in [1.54, 1.807) is 11.4 Å². The summed E-state index contributed by atoms with van der Waals surface area (Å²) >= 11 is 1.34. The van der Waals surface area contributed by atoms with Crippen LogP contribution in [0.25, 0.3) is 0 Å². The van der Waals surface area contributed by atoms with Gasteiger partial charge in [-0.15, -0.1) is 11.3 Å². The molecule has 0 bridgehead atoms. The summed E-state index contributed by atoms with van der Waals surface area (Å²) in [5.41, 5.74) is 6.87. The van der Waals surface area contributed by atoms with Gasteiger partial charge in [0.1, 0.15) is 6.10 Å². The highest BCUT2D eigenvalue weighted by molar-refractivity contribution is 7.10. The number of thiophene rings is 1.